The molecule has 5 heteroatoms. The second-order valence-electron chi connectivity index (χ2n) is 4.40. The molecule has 0 saturated carbocycles. The van der Waals surface area contributed by atoms with Crippen molar-refractivity contribution >= 4 is 11.8 Å². The van der Waals surface area contributed by atoms with Gasteiger partial charge < -0.3 is 15.1 Å². The summed E-state index contributed by atoms with van der Waals surface area (Å²) in [5.74, 6) is -0.0731. The van der Waals surface area contributed by atoms with E-state index >= 15 is 0 Å². The van der Waals surface area contributed by atoms with E-state index in [9.17, 15) is 9.59 Å². The predicted molar refractivity (Wildman–Crippen MR) is 64.1 cm³/mol. The lowest BCUT2D eigenvalue weighted by molar-refractivity contribution is -0.137. The van der Waals surface area contributed by atoms with Gasteiger partial charge in [-0.05, 0) is 0 Å². The summed E-state index contributed by atoms with van der Waals surface area (Å²) < 4.78 is 0. The SMILES string of the molecule is CC(C)NCCC(=O)N(C)CC(=O)N(C)C. The van der Waals surface area contributed by atoms with Crippen LogP contribution in [0, 0.1) is 0 Å². The molecule has 0 radical (unpaired) electrons. The van der Waals surface area contributed by atoms with Gasteiger partial charge >= 0.3 is 0 Å². The standard InChI is InChI=1S/C11H23N3O2/c1-9(2)12-7-6-10(15)14(5)8-11(16)13(3)4/h9,12H,6-8H2,1-5H3. The van der Waals surface area contributed by atoms with Crippen LogP contribution in [0.15, 0.2) is 0 Å². The van der Waals surface area contributed by atoms with Crippen LogP contribution in [0.25, 0.3) is 0 Å². The fourth-order valence-corrected chi connectivity index (χ4v) is 1.09. The van der Waals surface area contributed by atoms with E-state index < -0.39 is 0 Å². The summed E-state index contributed by atoms with van der Waals surface area (Å²) in [6, 6.07) is 0.376. The van der Waals surface area contributed by atoms with Gasteiger partial charge in [0.25, 0.3) is 0 Å². The van der Waals surface area contributed by atoms with Crippen LogP contribution in [0.5, 0.6) is 0 Å². The fourth-order valence-electron chi connectivity index (χ4n) is 1.09. The molecule has 0 aliphatic heterocycles. The average molecular weight is 229 g/mol. The Kier molecular flexibility index (Phi) is 6.72. The summed E-state index contributed by atoms with van der Waals surface area (Å²) in [6.07, 6.45) is 0.426. The molecule has 0 atom stereocenters. The molecule has 0 saturated heterocycles. The van der Waals surface area contributed by atoms with Crippen LogP contribution in [0.3, 0.4) is 0 Å². The van der Waals surface area contributed by atoms with Crippen molar-refractivity contribution in [3.05, 3.63) is 0 Å². The van der Waals surface area contributed by atoms with Gasteiger partial charge in [-0.2, -0.15) is 0 Å². The smallest absolute Gasteiger partial charge is 0.241 e. The molecule has 1 N–H and O–H groups in total. The van der Waals surface area contributed by atoms with E-state index in [4.69, 9.17) is 0 Å². The van der Waals surface area contributed by atoms with Gasteiger partial charge in [0.1, 0.15) is 0 Å². The third-order valence-electron chi connectivity index (χ3n) is 2.19. The normalized spacial score (nSPS) is 10.4. The van der Waals surface area contributed by atoms with Crippen molar-refractivity contribution < 1.29 is 9.59 Å². The summed E-state index contributed by atoms with van der Waals surface area (Å²) in [7, 11) is 5.01. The summed E-state index contributed by atoms with van der Waals surface area (Å²) in [5.41, 5.74) is 0. The van der Waals surface area contributed by atoms with Gasteiger partial charge in [-0.1, -0.05) is 13.8 Å². The van der Waals surface area contributed by atoms with Gasteiger partial charge in [-0.25, -0.2) is 0 Å². The van der Waals surface area contributed by atoms with Gasteiger partial charge in [0.15, 0.2) is 0 Å². The van der Waals surface area contributed by atoms with E-state index in [1.54, 1.807) is 21.1 Å². The minimum Gasteiger partial charge on any atom is -0.347 e. The molecule has 0 unspecified atom stereocenters. The molecule has 16 heavy (non-hydrogen) atoms. The zero-order valence-corrected chi connectivity index (χ0v) is 10.9. The number of carbonyl (C=O) groups excluding carboxylic acids is 2. The number of carbonyl (C=O) groups is 2. The quantitative estimate of drug-likeness (QED) is 0.693. The largest absolute Gasteiger partial charge is 0.347 e. The fraction of sp³-hybridized carbons (Fsp3) is 0.818. The highest BCUT2D eigenvalue weighted by atomic mass is 16.2. The number of rotatable bonds is 6. The van der Waals surface area contributed by atoms with Crippen LogP contribution in [0.1, 0.15) is 20.3 Å². The summed E-state index contributed by atoms with van der Waals surface area (Å²) in [4.78, 5) is 25.9. The molecule has 0 aromatic rings. The van der Waals surface area contributed by atoms with E-state index in [1.165, 1.54) is 9.80 Å². The number of nitrogens with one attached hydrogen (secondary N) is 1. The van der Waals surface area contributed by atoms with Crippen molar-refractivity contribution in [1.82, 2.24) is 15.1 Å². The monoisotopic (exact) mass is 229 g/mol. The van der Waals surface area contributed by atoms with E-state index in [2.05, 4.69) is 5.32 Å². The summed E-state index contributed by atoms with van der Waals surface area (Å²) >= 11 is 0. The Labute approximate surface area is 97.8 Å². The Morgan fingerprint density at radius 2 is 1.69 bits per heavy atom. The first kappa shape index (κ1) is 14.9. The van der Waals surface area contributed by atoms with Crippen LogP contribution in [0.4, 0.5) is 0 Å². The highest BCUT2D eigenvalue weighted by molar-refractivity contribution is 5.84. The zero-order chi connectivity index (χ0) is 12.7. The van der Waals surface area contributed by atoms with Crippen molar-refractivity contribution in [2.75, 3.05) is 34.2 Å². The van der Waals surface area contributed by atoms with Crippen LogP contribution in [0.2, 0.25) is 0 Å². The third kappa shape index (κ3) is 6.40. The third-order valence-corrected chi connectivity index (χ3v) is 2.19. The molecule has 0 aromatic heterocycles. The van der Waals surface area contributed by atoms with E-state index in [1.807, 2.05) is 13.8 Å². The number of hydrogen-bond acceptors (Lipinski definition) is 3. The number of likely N-dealkylation sites (N-methyl/N-ethyl adjacent to an activating group) is 2. The summed E-state index contributed by atoms with van der Waals surface area (Å²) in [5, 5.41) is 3.16. The Hall–Kier alpha value is -1.10. The van der Waals surface area contributed by atoms with Crippen LogP contribution in [-0.2, 0) is 9.59 Å². The molecule has 0 aliphatic carbocycles. The zero-order valence-electron chi connectivity index (χ0n) is 10.9. The van der Waals surface area contributed by atoms with Gasteiger partial charge in [0.2, 0.25) is 11.8 Å². The maximum Gasteiger partial charge on any atom is 0.241 e. The van der Waals surface area contributed by atoms with E-state index in [0.29, 0.717) is 19.0 Å². The second kappa shape index (κ2) is 7.22. The Morgan fingerprint density at radius 1 is 1.12 bits per heavy atom. The lowest BCUT2D eigenvalue weighted by Gasteiger charge is -2.19. The molecule has 0 spiro atoms. The van der Waals surface area contributed by atoms with E-state index in [-0.39, 0.29) is 18.4 Å². The van der Waals surface area contributed by atoms with Crippen molar-refractivity contribution in [2.45, 2.75) is 26.3 Å². The van der Waals surface area contributed by atoms with Gasteiger partial charge in [0.05, 0.1) is 6.54 Å². The molecule has 0 rings (SSSR count). The molecule has 94 valence electrons. The molecule has 0 heterocycles. The van der Waals surface area contributed by atoms with Crippen LogP contribution >= 0.6 is 0 Å². The molecule has 0 aromatic carbocycles. The lowest BCUT2D eigenvalue weighted by atomic mass is 10.3. The number of amides is 2. The molecule has 0 bridgehead atoms. The predicted octanol–water partition coefficient (Wildman–Crippen LogP) is -0.0789. The van der Waals surface area contributed by atoms with Gasteiger partial charge in [-0.3, -0.25) is 9.59 Å². The van der Waals surface area contributed by atoms with Crippen LogP contribution < -0.4 is 5.32 Å². The Bertz CT molecular complexity index is 239. The maximum absolute atomic E-state index is 11.6. The minimum absolute atomic E-state index is 0.0108. The minimum atomic E-state index is -0.0623. The molecule has 5 nitrogen and oxygen atoms in total. The first-order valence-corrected chi connectivity index (χ1v) is 5.52. The van der Waals surface area contributed by atoms with Gasteiger partial charge in [-0.15, -0.1) is 0 Å². The molecule has 2 amide bonds. The topological polar surface area (TPSA) is 52.7 Å². The van der Waals surface area contributed by atoms with Gasteiger partial charge in [0, 0.05) is 40.2 Å². The molecule has 0 aliphatic rings. The first-order chi connectivity index (χ1) is 7.34. The van der Waals surface area contributed by atoms with Crippen molar-refractivity contribution in [1.29, 1.82) is 0 Å². The number of hydrogen-bond donors (Lipinski definition) is 1. The second-order valence-corrected chi connectivity index (χ2v) is 4.40. The Morgan fingerprint density at radius 3 is 2.12 bits per heavy atom. The molecule has 0 fully saturated rings. The Balaban J connectivity index is 3.86. The molecular weight excluding hydrogens is 206 g/mol. The van der Waals surface area contributed by atoms with Crippen molar-refractivity contribution in [3.8, 4) is 0 Å². The lowest BCUT2D eigenvalue weighted by Crippen LogP contribution is -2.39. The van der Waals surface area contributed by atoms with Crippen LogP contribution in [-0.4, -0.2) is 61.9 Å². The maximum atomic E-state index is 11.6. The van der Waals surface area contributed by atoms with Crippen molar-refractivity contribution in [3.63, 3.8) is 0 Å². The highest BCUT2D eigenvalue weighted by Gasteiger charge is 2.13. The van der Waals surface area contributed by atoms with E-state index in [0.717, 1.165) is 0 Å². The summed E-state index contributed by atoms with van der Waals surface area (Å²) in [6.45, 7) is 4.86. The van der Waals surface area contributed by atoms with Crippen molar-refractivity contribution in [2.24, 2.45) is 0 Å². The molecular formula is C11H23N3O2. The average Bonchev–Trinajstić information content (AvgIpc) is 2.16. The first-order valence-electron chi connectivity index (χ1n) is 5.52. The highest BCUT2D eigenvalue weighted by Crippen LogP contribution is 1.92. The number of nitrogens with zero attached hydrogens (tertiary/aromatic N) is 2.